The van der Waals surface area contributed by atoms with Crippen LogP contribution in [0.25, 0.3) is 0 Å². The summed E-state index contributed by atoms with van der Waals surface area (Å²) in [6.45, 7) is 6.61. The molecule has 2 heterocycles. The first-order chi connectivity index (χ1) is 20.4. The lowest BCUT2D eigenvalue weighted by Crippen LogP contribution is -2.29. The Hall–Kier alpha value is -3.47. The van der Waals surface area contributed by atoms with Crippen molar-refractivity contribution in [2.24, 2.45) is 0 Å². The standard InChI is InChI=1S/C31H30BrClN4O4S/c1-4-39-26-16-21(13-14-25(26)41-17-20-9-8-11-23(32)15-20)28-27(29(38)40-5-2)19(3)34-30-35-31(36-37(28)30)42-18-22-10-6-7-12-24(22)33/h6-16,28H,4-5,17-18H2,1-3H3,(H,34,35,36). The van der Waals surface area contributed by atoms with E-state index in [0.29, 0.717) is 57.9 Å². The second-order valence-electron chi connectivity index (χ2n) is 9.39. The molecule has 1 atom stereocenters. The fourth-order valence-corrected chi connectivity index (χ4v) is 6.16. The minimum atomic E-state index is -0.596. The highest BCUT2D eigenvalue weighted by Crippen LogP contribution is 2.40. The molecule has 0 saturated carbocycles. The Morgan fingerprint density at radius 1 is 1.05 bits per heavy atom. The van der Waals surface area contributed by atoms with E-state index in [1.165, 1.54) is 11.8 Å². The maximum atomic E-state index is 13.3. The highest BCUT2D eigenvalue weighted by Gasteiger charge is 2.35. The highest BCUT2D eigenvalue weighted by molar-refractivity contribution is 9.10. The zero-order valence-electron chi connectivity index (χ0n) is 23.4. The van der Waals surface area contributed by atoms with Gasteiger partial charge in [0.25, 0.3) is 0 Å². The zero-order chi connectivity index (χ0) is 29.6. The van der Waals surface area contributed by atoms with Crippen LogP contribution in [0.5, 0.6) is 11.5 Å². The lowest BCUT2D eigenvalue weighted by Gasteiger charge is -2.28. The van der Waals surface area contributed by atoms with Gasteiger partial charge < -0.3 is 19.5 Å². The van der Waals surface area contributed by atoms with E-state index in [2.05, 4.69) is 21.2 Å². The number of hydrogen-bond acceptors (Lipinski definition) is 8. The first kappa shape index (κ1) is 30.0. The number of ether oxygens (including phenoxy) is 3. The number of fused-ring (bicyclic) bond motifs is 1. The van der Waals surface area contributed by atoms with Gasteiger partial charge in [-0.1, -0.05) is 75.7 Å². The van der Waals surface area contributed by atoms with Gasteiger partial charge in [-0.3, -0.25) is 0 Å². The van der Waals surface area contributed by atoms with E-state index in [1.807, 2.05) is 80.6 Å². The van der Waals surface area contributed by atoms with E-state index in [0.717, 1.165) is 21.2 Å². The van der Waals surface area contributed by atoms with Crippen LogP contribution < -0.4 is 14.8 Å². The van der Waals surface area contributed by atoms with Gasteiger partial charge in [0.15, 0.2) is 11.5 Å². The first-order valence-electron chi connectivity index (χ1n) is 13.5. The summed E-state index contributed by atoms with van der Waals surface area (Å²) in [5.74, 6) is 1.87. The minimum Gasteiger partial charge on any atom is -0.490 e. The number of aromatic nitrogens is 3. The average molecular weight is 670 g/mol. The van der Waals surface area contributed by atoms with Gasteiger partial charge in [0.05, 0.1) is 18.8 Å². The van der Waals surface area contributed by atoms with Crippen LogP contribution >= 0.6 is 39.3 Å². The van der Waals surface area contributed by atoms with E-state index in [4.69, 9.17) is 35.9 Å². The number of benzene rings is 3. The van der Waals surface area contributed by atoms with Crippen molar-refractivity contribution >= 4 is 51.2 Å². The molecule has 1 aromatic heterocycles. The van der Waals surface area contributed by atoms with Crippen molar-refractivity contribution in [2.45, 2.75) is 44.3 Å². The topological polar surface area (TPSA) is 87.5 Å². The molecule has 4 aromatic rings. The zero-order valence-corrected chi connectivity index (χ0v) is 26.6. The molecule has 1 N–H and O–H groups in total. The van der Waals surface area contributed by atoms with Gasteiger partial charge in [-0.25, -0.2) is 9.48 Å². The number of esters is 1. The number of carbonyl (C=O) groups excluding carboxylic acids is 1. The van der Waals surface area contributed by atoms with E-state index in [9.17, 15) is 4.79 Å². The molecule has 5 rings (SSSR count). The Balaban J connectivity index is 1.49. The molecule has 0 spiro atoms. The SMILES string of the molecule is CCOC(=O)C1=C(C)Nc2nc(SCc3ccccc3Cl)nn2C1c1ccc(OCc2cccc(Br)c2)c(OCC)c1. The number of nitrogens with one attached hydrogen (secondary N) is 1. The average Bonchev–Trinajstić information content (AvgIpc) is 3.38. The van der Waals surface area contributed by atoms with Crippen molar-refractivity contribution in [3.05, 3.63) is 104 Å². The molecule has 0 saturated heterocycles. The van der Waals surface area contributed by atoms with Gasteiger partial charge in [-0.2, -0.15) is 4.98 Å². The normalized spacial score (nSPS) is 14.3. The molecule has 0 fully saturated rings. The second-order valence-corrected chi connectivity index (χ2v) is 11.7. The molecule has 1 unspecified atom stereocenters. The molecule has 1 aliphatic heterocycles. The van der Waals surface area contributed by atoms with Gasteiger partial charge >= 0.3 is 5.97 Å². The number of thioether (sulfide) groups is 1. The van der Waals surface area contributed by atoms with Crippen molar-refractivity contribution in [3.63, 3.8) is 0 Å². The van der Waals surface area contributed by atoms with Crippen molar-refractivity contribution in [1.82, 2.24) is 14.8 Å². The fourth-order valence-electron chi connectivity index (χ4n) is 4.60. The summed E-state index contributed by atoms with van der Waals surface area (Å²) in [5, 5.41) is 9.30. The third-order valence-corrected chi connectivity index (χ3v) is 8.26. The molecule has 218 valence electrons. The molecular weight excluding hydrogens is 640 g/mol. The van der Waals surface area contributed by atoms with Crippen LogP contribution in [0, 0.1) is 0 Å². The predicted octanol–water partition coefficient (Wildman–Crippen LogP) is 7.82. The lowest BCUT2D eigenvalue weighted by atomic mass is 9.95. The molecule has 0 aliphatic carbocycles. The van der Waals surface area contributed by atoms with E-state index < -0.39 is 12.0 Å². The Morgan fingerprint density at radius 2 is 1.88 bits per heavy atom. The van der Waals surface area contributed by atoms with Gasteiger partial charge in [0.2, 0.25) is 11.1 Å². The molecule has 42 heavy (non-hydrogen) atoms. The van der Waals surface area contributed by atoms with Crippen LogP contribution in [-0.2, 0) is 21.9 Å². The van der Waals surface area contributed by atoms with Crippen LogP contribution in [0.2, 0.25) is 5.02 Å². The monoisotopic (exact) mass is 668 g/mol. The second kappa shape index (κ2) is 13.7. The van der Waals surface area contributed by atoms with E-state index in [1.54, 1.807) is 11.6 Å². The molecular formula is C31H30BrClN4O4S. The summed E-state index contributed by atoms with van der Waals surface area (Å²) < 4.78 is 20.3. The summed E-state index contributed by atoms with van der Waals surface area (Å²) in [5.41, 5.74) is 3.89. The molecule has 0 radical (unpaired) electrons. The summed E-state index contributed by atoms with van der Waals surface area (Å²) in [4.78, 5) is 18.0. The number of carbonyl (C=O) groups is 1. The Morgan fingerprint density at radius 3 is 2.64 bits per heavy atom. The smallest absolute Gasteiger partial charge is 0.338 e. The van der Waals surface area contributed by atoms with Crippen molar-refractivity contribution in [3.8, 4) is 11.5 Å². The van der Waals surface area contributed by atoms with Gasteiger partial charge in [-0.05, 0) is 67.8 Å². The highest BCUT2D eigenvalue weighted by atomic mass is 79.9. The molecule has 11 heteroatoms. The summed E-state index contributed by atoms with van der Waals surface area (Å²) in [6.07, 6.45) is 0. The van der Waals surface area contributed by atoms with Crippen LogP contribution in [0.4, 0.5) is 5.95 Å². The minimum absolute atomic E-state index is 0.248. The third-order valence-electron chi connectivity index (χ3n) is 6.51. The molecule has 3 aromatic carbocycles. The van der Waals surface area contributed by atoms with Gasteiger partial charge in [0.1, 0.15) is 12.6 Å². The quantitative estimate of drug-likeness (QED) is 0.128. The van der Waals surface area contributed by atoms with Crippen LogP contribution in [0.3, 0.4) is 0 Å². The Kier molecular flexibility index (Phi) is 9.76. The van der Waals surface area contributed by atoms with Crippen LogP contribution in [0.15, 0.2) is 87.6 Å². The number of halogens is 2. The maximum absolute atomic E-state index is 13.3. The lowest BCUT2D eigenvalue weighted by molar-refractivity contribution is -0.139. The molecule has 0 amide bonds. The number of nitrogens with zero attached hydrogens (tertiary/aromatic N) is 3. The van der Waals surface area contributed by atoms with Gasteiger partial charge in [0, 0.05) is 20.9 Å². The van der Waals surface area contributed by atoms with Crippen molar-refractivity contribution < 1.29 is 19.0 Å². The number of hydrogen-bond donors (Lipinski definition) is 1. The summed E-state index contributed by atoms with van der Waals surface area (Å²) in [6, 6.07) is 20.7. The largest absolute Gasteiger partial charge is 0.490 e. The van der Waals surface area contributed by atoms with Gasteiger partial charge in [-0.15, -0.1) is 5.10 Å². The first-order valence-corrected chi connectivity index (χ1v) is 15.6. The van der Waals surface area contributed by atoms with Crippen molar-refractivity contribution in [1.29, 1.82) is 0 Å². The molecule has 0 bridgehead atoms. The Labute approximate surface area is 262 Å². The maximum Gasteiger partial charge on any atom is 0.338 e. The van der Waals surface area contributed by atoms with Crippen LogP contribution in [-0.4, -0.2) is 33.9 Å². The molecule has 1 aliphatic rings. The summed E-state index contributed by atoms with van der Waals surface area (Å²) in [7, 11) is 0. The fraction of sp³-hybridized carbons (Fsp3) is 0.258. The van der Waals surface area contributed by atoms with Crippen LogP contribution in [0.1, 0.15) is 43.5 Å². The molecule has 8 nitrogen and oxygen atoms in total. The summed E-state index contributed by atoms with van der Waals surface area (Å²) >= 11 is 11.3. The van der Waals surface area contributed by atoms with Crippen molar-refractivity contribution in [2.75, 3.05) is 18.5 Å². The number of rotatable bonds is 11. The van der Waals surface area contributed by atoms with E-state index in [-0.39, 0.29) is 6.61 Å². The Bertz CT molecular complexity index is 1630. The van der Waals surface area contributed by atoms with E-state index >= 15 is 0 Å². The number of allylic oxidation sites excluding steroid dienone is 1. The number of anilines is 1. The predicted molar refractivity (Wildman–Crippen MR) is 168 cm³/mol. The third kappa shape index (κ3) is 6.77.